The normalized spacial score (nSPS) is 12.8. The average Bonchev–Trinajstić information content (AvgIpc) is 3.23. The van der Waals surface area contributed by atoms with Crippen molar-refractivity contribution < 1.29 is 0 Å². The third-order valence-electron chi connectivity index (χ3n) is 3.19. The molecule has 0 aliphatic rings. The summed E-state index contributed by atoms with van der Waals surface area (Å²) < 4.78 is 1.85. The average molecular weight is 313 g/mol. The van der Waals surface area contributed by atoms with E-state index in [2.05, 4.69) is 15.1 Å². The summed E-state index contributed by atoms with van der Waals surface area (Å²) in [4.78, 5) is 10.4. The summed E-state index contributed by atoms with van der Waals surface area (Å²) in [5.41, 5.74) is 8.27. The van der Waals surface area contributed by atoms with E-state index in [0.29, 0.717) is 0 Å². The minimum Gasteiger partial charge on any atom is -0.318 e. The number of thiophene rings is 1. The van der Waals surface area contributed by atoms with Crippen molar-refractivity contribution in [3.63, 3.8) is 0 Å². The van der Waals surface area contributed by atoms with E-state index in [-0.39, 0.29) is 6.04 Å². The lowest BCUT2D eigenvalue weighted by Gasteiger charge is -2.03. The molecule has 0 saturated heterocycles. The molecule has 7 heteroatoms. The molecule has 4 rings (SSSR count). The second kappa shape index (κ2) is 5.03. The molecule has 2 N–H and O–H groups in total. The van der Waals surface area contributed by atoms with Crippen molar-refractivity contribution >= 4 is 27.6 Å². The van der Waals surface area contributed by atoms with Crippen LogP contribution < -0.4 is 5.73 Å². The SMILES string of the molecule is NC(c1cccs1)c1nn2c(-c3ccncc3)cnc2s1. The third kappa shape index (κ3) is 2.15. The van der Waals surface area contributed by atoms with Gasteiger partial charge in [-0.15, -0.1) is 11.3 Å². The van der Waals surface area contributed by atoms with Gasteiger partial charge in [0.2, 0.25) is 4.96 Å². The van der Waals surface area contributed by atoms with Crippen LogP contribution in [0.15, 0.2) is 48.2 Å². The van der Waals surface area contributed by atoms with Crippen molar-refractivity contribution in [2.75, 3.05) is 0 Å². The van der Waals surface area contributed by atoms with Crippen LogP contribution in [-0.2, 0) is 0 Å². The Balaban J connectivity index is 1.80. The molecule has 0 aliphatic heterocycles. The molecular weight excluding hydrogens is 302 g/mol. The summed E-state index contributed by atoms with van der Waals surface area (Å²) in [6.45, 7) is 0. The molecule has 4 aromatic rings. The highest BCUT2D eigenvalue weighted by Gasteiger charge is 2.18. The van der Waals surface area contributed by atoms with E-state index in [9.17, 15) is 0 Å². The zero-order valence-corrected chi connectivity index (χ0v) is 12.5. The summed E-state index contributed by atoms with van der Waals surface area (Å²) >= 11 is 3.17. The van der Waals surface area contributed by atoms with Crippen molar-refractivity contribution in [2.45, 2.75) is 6.04 Å². The van der Waals surface area contributed by atoms with E-state index in [1.807, 2.05) is 40.4 Å². The molecular formula is C14H11N5S2. The monoisotopic (exact) mass is 313 g/mol. The molecule has 0 bridgehead atoms. The highest BCUT2D eigenvalue weighted by molar-refractivity contribution is 7.17. The van der Waals surface area contributed by atoms with Gasteiger partial charge in [0.25, 0.3) is 0 Å². The molecule has 21 heavy (non-hydrogen) atoms. The Hall–Kier alpha value is -2.09. The van der Waals surface area contributed by atoms with Crippen LogP contribution in [0.4, 0.5) is 0 Å². The van der Waals surface area contributed by atoms with E-state index in [1.54, 1.807) is 23.7 Å². The maximum atomic E-state index is 6.28. The fourth-order valence-corrected chi connectivity index (χ4v) is 3.84. The Morgan fingerprint density at radius 2 is 2.05 bits per heavy atom. The number of imidazole rings is 1. The van der Waals surface area contributed by atoms with Crippen molar-refractivity contribution in [1.29, 1.82) is 0 Å². The number of hydrogen-bond donors (Lipinski definition) is 1. The summed E-state index contributed by atoms with van der Waals surface area (Å²) in [6, 6.07) is 7.73. The fourth-order valence-electron chi connectivity index (χ4n) is 2.14. The van der Waals surface area contributed by atoms with Gasteiger partial charge in [0.15, 0.2) is 0 Å². The predicted molar refractivity (Wildman–Crippen MR) is 84.4 cm³/mol. The number of aromatic nitrogens is 4. The van der Waals surface area contributed by atoms with E-state index in [0.717, 1.165) is 26.1 Å². The van der Waals surface area contributed by atoms with Gasteiger partial charge < -0.3 is 5.73 Å². The zero-order chi connectivity index (χ0) is 14.2. The Morgan fingerprint density at radius 3 is 2.81 bits per heavy atom. The zero-order valence-electron chi connectivity index (χ0n) is 10.9. The smallest absolute Gasteiger partial charge is 0.212 e. The first-order valence-corrected chi connectivity index (χ1v) is 8.06. The molecule has 1 atom stereocenters. The van der Waals surface area contributed by atoms with Gasteiger partial charge in [0.1, 0.15) is 5.01 Å². The lowest BCUT2D eigenvalue weighted by Crippen LogP contribution is -2.10. The lowest BCUT2D eigenvalue weighted by molar-refractivity contribution is 0.822. The first kappa shape index (κ1) is 12.6. The van der Waals surface area contributed by atoms with Crippen molar-refractivity contribution in [1.82, 2.24) is 19.6 Å². The van der Waals surface area contributed by atoms with E-state index < -0.39 is 0 Å². The third-order valence-corrected chi connectivity index (χ3v) is 5.15. The number of hydrogen-bond acceptors (Lipinski definition) is 6. The minimum atomic E-state index is -0.193. The Morgan fingerprint density at radius 1 is 1.19 bits per heavy atom. The lowest BCUT2D eigenvalue weighted by atomic mass is 10.2. The van der Waals surface area contributed by atoms with Gasteiger partial charge in [-0.3, -0.25) is 4.98 Å². The van der Waals surface area contributed by atoms with Crippen LogP contribution in [0, 0.1) is 0 Å². The Labute approximate surface area is 128 Å². The molecule has 0 fully saturated rings. The Bertz CT molecular complexity index is 863. The van der Waals surface area contributed by atoms with Crippen LogP contribution in [0.1, 0.15) is 15.9 Å². The Kier molecular flexibility index (Phi) is 3.03. The molecule has 4 aromatic heterocycles. The molecule has 4 heterocycles. The van der Waals surface area contributed by atoms with Crippen LogP contribution in [0.5, 0.6) is 0 Å². The second-order valence-electron chi connectivity index (χ2n) is 4.51. The van der Waals surface area contributed by atoms with Gasteiger partial charge in [-0.1, -0.05) is 17.4 Å². The van der Waals surface area contributed by atoms with Crippen molar-refractivity contribution in [3.05, 3.63) is 58.1 Å². The van der Waals surface area contributed by atoms with Gasteiger partial charge in [-0.05, 0) is 23.6 Å². The first-order valence-electron chi connectivity index (χ1n) is 6.37. The molecule has 104 valence electrons. The number of fused-ring (bicyclic) bond motifs is 1. The molecule has 0 saturated carbocycles. The summed E-state index contributed by atoms with van der Waals surface area (Å²) in [7, 11) is 0. The standard InChI is InChI=1S/C14H11N5S2/c15-12(11-2-1-7-20-11)13-18-19-10(8-17-14(19)21-13)9-3-5-16-6-4-9/h1-8,12H,15H2. The number of nitrogens with two attached hydrogens (primary N) is 1. The molecule has 1 unspecified atom stereocenters. The maximum absolute atomic E-state index is 6.28. The predicted octanol–water partition coefficient (Wildman–Crippen LogP) is 2.96. The van der Waals surface area contributed by atoms with E-state index in [4.69, 9.17) is 5.73 Å². The summed E-state index contributed by atoms with van der Waals surface area (Å²) in [5, 5.41) is 7.53. The van der Waals surface area contributed by atoms with Gasteiger partial charge in [0.05, 0.1) is 17.9 Å². The van der Waals surface area contributed by atoms with E-state index >= 15 is 0 Å². The first-order chi connectivity index (χ1) is 10.3. The number of pyridine rings is 1. The minimum absolute atomic E-state index is 0.193. The van der Waals surface area contributed by atoms with Crippen LogP contribution in [-0.4, -0.2) is 19.6 Å². The van der Waals surface area contributed by atoms with Gasteiger partial charge >= 0.3 is 0 Å². The second-order valence-corrected chi connectivity index (χ2v) is 6.47. The quantitative estimate of drug-likeness (QED) is 0.631. The highest BCUT2D eigenvalue weighted by Crippen LogP contribution is 2.29. The summed E-state index contributed by atoms with van der Waals surface area (Å²) in [5.74, 6) is 0. The molecule has 0 radical (unpaired) electrons. The summed E-state index contributed by atoms with van der Waals surface area (Å²) in [6.07, 6.45) is 5.35. The van der Waals surface area contributed by atoms with Crippen LogP contribution in [0.25, 0.3) is 16.2 Å². The van der Waals surface area contributed by atoms with Gasteiger partial charge in [0, 0.05) is 22.8 Å². The molecule has 0 amide bonds. The van der Waals surface area contributed by atoms with E-state index in [1.165, 1.54) is 11.3 Å². The maximum Gasteiger partial charge on any atom is 0.212 e. The number of rotatable bonds is 3. The highest BCUT2D eigenvalue weighted by atomic mass is 32.1. The molecule has 0 aliphatic carbocycles. The van der Waals surface area contributed by atoms with Crippen molar-refractivity contribution in [2.24, 2.45) is 5.73 Å². The molecule has 0 aromatic carbocycles. The largest absolute Gasteiger partial charge is 0.318 e. The molecule has 5 nitrogen and oxygen atoms in total. The topological polar surface area (TPSA) is 69.1 Å². The van der Waals surface area contributed by atoms with Gasteiger partial charge in [-0.25, -0.2) is 9.50 Å². The van der Waals surface area contributed by atoms with Crippen molar-refractivity contribution in [3.8, 4) is 11.3 Å². The van der Waals surface area contributed by atoms with Gasteiger partial charge in [-0.2, -0.15) is 5.10 Å². The van der Waals surface area contributed by atoms with Crippen LogP contribution in [0.3, 0.4) is 0 Å². The number of nitrogens with zero attached hydrogens (tertiary/aromatic N) is 4. The van der Waals surface area contributed by atoms with Crippen LogP contribution in [0.2, 0.25) is 0 Å². The van der Waals surface area contributed by atoms with Crippen LogP contribution >= 0.6 is 22.7 Å². The molecule has 0 spiro atoms. The fraction of sp³-hybridized carbons (Fsp3) is 0.0714.